The minimum Gasteiger partial charge on any atom is -0.388 e. The molecule has 15 heavy (non-hydrogen) atoms. The Kier molecular flexibility index (Phi) is 5.12. The van der Waals surface area contributed by atoms with Gasteiger partial charge in [0, 0.05) is 11.0 Å². The Labute approximate surface area is 94.7 Å². The van der Waals surface area contributed by atoms with Crippen LogP contribution in [0.4, 0.5) is 4.39 Å². The Bertz CT molecular complexity index is 286. The van der Waals surface area contributed by atoms with Crippen LogP contribution in [0.15, 0.2) is 24.3 Å². The van der Waals surface area contributed by atoms with Crippen molar-refractivity contribution in [3.05, 3.63) is 35.6 Å². The van der Waals surface area contributed by atoms with Crippen LogP contribution in [0, 0.1) is 5.82 Å². The predicted molar refractivity (Wildman–Crippen MR) is 63.6 cm³/mol. The van der Waals surface area contributed by atoms with E-state index in [1.165, 1.54) is 12.1 Å². The molecule has 0 radical (unpaired) electrons. The third-order valence-corrected chi connectivity index (χ3v) is 3.78. The van der Waals surface area contributed by atoms with E-state index in [4.69, 9.17) is 0 Å². The van der Waals surface area contributed by atoms with Gasteiger partial charge in [-0.25, -0.2) is 4.39 Å². The van der Waals surface area contributed by atoms with E-state index in [0.717, 1.165) is 12.0 Å². The van der Waals surface area contributed by atoms with E-state index in [9.17, 15) is 9.50 Å². The first-order chi connectivity index (χ1) is 7.13. The molecule has 0 spiro atoms. The van der Waals surface area contributed by atoms with Crippen molar-refractivity contribution in [3.63, 3.8) is 0 Å². The summed E-state index contributed by atoms with van der Waals surface area (Å²) in [5.74, 6) is 0.404. The van der Waals surface area contributed by atoms with Gasteiger partial charge in [0.25, 0.3) is 0 Å². The summed E-state index contributed by atoms with van der Waals surface area (Å²) >= 11 is 1.74. The van der Waals surface area contributed by atoms with Gasteiger partial charge in [-0.3, -0.25) is 0 Å². The lowest BCUT2D eigenvalue weighted by molar-refractivity contribution is 0.204. The molecule has 1 rings (SSSR count). The summed E-state index contributed by atoms with van der Waals surface area (Å²) in [5, 5.41) is 10.4. The largest absolute Gasteiger partial charge is 0.388 e. The summed E-state index contributed by atoms with van der Waals surface area (Å²) in [6.45, 7) is 4.27. The summed E-state index contributed by atoms with van der Waals surface area (Å²) in [7, 11) is 0. The number of hydrogen-bond donors (Lipinski definition) is 1. The minimum absolute atomic E-state index is 0.263. The van der Waals surface area contributed by atoms with Crippen molar-refractivity contribution in [3.8, 4) is 0 Å². The number of benzene rings is 1. The van der Waals surface area contributed by atoms with E-state index in [-0.39, 0.29) is 5.82 Å². The van der Waals surface area contributed by atoms with Gasteiger partial charge in [-0.1, -0.05) is 26.0 Å². The van der Waals surface area contributed by atoms with Crippen molar-refractivity contribution in [2.24, 2.45) is 0 Å². The lowest BCUT2D eigenvalue weighted by Gasteiger charge is -2.13. The summed E-state index contributed by atoms with van der Waals surface area (Å²) in [6, 6.07) is 6.04. The molecule has 0 bridgehead atoms. The maximum absolute atomic E-state index is 12.6. The number of rotatable bonds is 5. The molecule has 0 saturated heterocycles. The molecule has 2 unspecified atom stereocenters. The minimum atomic E-state index is -0.496. The van der Waals surface area contributed by atoms with Crippen LogP contribution in [0.1, 0.15) is 31.9 Å². The van der Waals surface area contributed by atoms with E-state index < -0.39 is 6.10 Å². The quantitative estimate of drug-likeness (QED) is 0.833. The fraction of sp³-hybridized carbons (Fsp3) is 0.500. The highest BCUT2D eigenvalue weighted by atomic mass is 32.2. The Morgan fingerprint density at radius 2 is 1.93 bits per heavy atom. The molecule has 1 nitrogen and oxygen atoms in total. The van der Waals surface area contributed by atoms with Crippen LogP contribution in [0.25, 0.3) is 0 Å². The van der Waals surface area contributed by atoms with Crippen molar-refractivity contribution < 1.29 is 9.50 Å². The molecular formula is C12H17FOS. The maximum atomic E-state index is 12.6. The topological polar surface area (TPSA) is 20.2 Å². The van der Waals surface area contributed by atoms with E-state index in [1.54, 1.807) is 23.9 Å². The molecule has 2 atom stereocenters. The molecule has 84 valence electrons. The van der Waals surface area contributed by atoms with Crippen LogP contribution in [0.3, 0.4) is 0 Å². The van der Waals surface area contributed by atoms with E-state index in [2.05, 4.69) is 13.8 Å². The van der Waals surface area contributed by atoms with Crippen LogP contribution in [0.5, 0.6) is 0 Å². The zero-order valence-electron chi connectivity index (χ0n) is 9.11. The van der Waals surface area contributed by atoms with Gasteiger partial charge in [0.1, 0.15) is 5.82 Å². The fourth-order valence-electron chi connectivity index (χ4n) is 1.15. The van der Waals surface area contributed by atoms with Gasteiger partial charge in [-0.15, -0.1) is 0 Å². The standard InChI is InChI=1S/C12H17FOS/c1-3-9(2)15-8-12(14)10-4-6-11(13)7-5-10/h4-7,9,12,14H,3,8H2,1-2H3. The van der Waals surface area contributed by atoms with Gasteiger partial charge in [0.2, 0.25) is 0 Å². The molecule has 0 fully saturated rings. The third-order valence-electron chi connectivity index (χ3n) is 2.37. The first kappa shape index (κ1) is 12.5. The number of thioether (sulfide) groups is 1. The van der Waals surface area contributed by atoms with Crippen LogP contribution >= 0.6 is 11.8 Å². The second-order valence-corrected chi connectivity index (χ2v) is 5.09. The lowest BCUT2D eigenvalue weighted by Crippen LogP contribution is -2.04. The van der Waals surface area contributed by atoms with Crippen LogP contribution in [-0.4, -0.2) is 16.1 Å². The Balaban J connectivity index is 2.46. The van der Waals surface area contributed by atoms with Crippen LogP contribution in [0.2, 0.25) is 0 Å². The summed E-state index contributed by atoms with van der Waals surface area (Å²) in [6.07, 6.45) is 0.602. The van der Waals surface area contributed by atoms with E-state index in [1.807, 2.05) is 0 Å². The van der Waals surface area contributed by atoms with Gasteiger partial charge in [0.15, 0.2) is 0 Å². The second-order valence-electron chi connectivity index (χ2n) is 3.62. The molecule has 1 aromatic carbocycles. The van der Waals surface area contributed by atoms with Gasteiger partial charge in [0.05, 0.1) is 6.10 Å². The first-order valence-corrected chi connectivity index (χ1v) is 6.23. The van der Waals surface area contributed by atoms with Crippen molar-refractivity contribution in [2.45, 2.75) is 31.6 Å². The molecule has 0 saturated carbocycles. The molecule has 1 N–H and O–H groups in total. The van der Waals surface area contributed by atoms with Gasteiger partial charge in [-0.05, 0) is 24.1 Å². The third kappa shape index (κ3) is 4.22. The molecule has 0 aliphatic rings. The Morgan fingerprint density at radius 1 is 1.33 bits per heavy atom. The number of aliphatic hydroxyl groups excluding tert-OH is 1. The normalized spacial score (nSPS) is 14.9. The van der Waals surface area contributed by atoms with Crippen molar-refractivity contribution >= 4 is 11.8 Å². The number of halogens is 1. The van der Waals surface area contributed by atoms with Crippen molar-refractivity contribution in [1.29, 1.82) is 0 Å². The van der Waals surface area contributed by atoms with E-state index >= 15 is 0 Å². The molecule has 1 aromatic rings. The highest BCUT2D eigenvalue weighted by Crippen LogP contribution is 2.22. The SMILES string of the molecule is CCC(C)SCC(O)c1ccc(F)cc1. The molecule has 0 amide bonds. The lowest BCUT2D eigenvalue weighted by atomic mass is 10.1. The highest BCUT2D eigenvalue weighted by molar-refractivity contribution is 7.99. The molecule has 3 heteroatoms. The molecule has 0 aliphatic carbocycles. The van der Waals surface area contributed by atoms with Crippen molar-refractivity contribution in [1.82, 2.24) is 0 Å². The molecule has 0 aliphatic heterocycles. The van der Waals surface area contributed by atoms with Crippen LogP contribution in [-0.2, 0) is 0 Å². The second kappa shape index (κ2) is 6.13. The zero-order chi connectivity index (χ0) is 11.3. The smallest absolute Gasteiger partial charge is 0.123 e. The Hall–Kier alpha value is -0.540. The average molecular weight is 228 g/mol. The summed E-state index contributed by atoms with van der Waals surface area (Å²) < 4.78 is 12.6. The van der Waals surface area contributed by atoms with Gasteiger partial charge in [-0.2, -0.15) is 11.8 Å². The maximum Gasteiger partial charge on any atom is 0.123 e. The predicted octanol–water partition coefficient (Wildman–Crippen LogP) is 3.39. The van der Waals surface area contributed by atoms with Gasteiger partial charge < -0.3 is 5.11 Å². The monoisotopic (exact) mass is 228 g/mol. The summed E-state index contributed by atoms with van der Waals surface area (Å²) in [4.78, 5) is 0. The van der Waals surface area contributed by atoms with E-state index in [0.29, 0.717) is 11.0 Å². The fourth-order valence-corrected chi connectivity index (χ4v) is 2.09. The number of aliphatic hydroxyl groups is 1. The van der Waals surface area contributed by atoms with Crippen molar-refractivity contribution in [2.75, 3.05) is 5.75 Å². The Morgan fingerprint density at radius 3 is 2.47 bits per heavy atom. The zero-order valence-corrected chi connectivity index (χ0v) is 9.93. The average Bonchev–Trinajstić information content (AvgIpc) is 2.26. The summed E-state index contributed by atoms with van der Waals surface area (Å²) in [5.41, 5.74) is 0.784. The van der Waals surface area contributed by atoms with Gasteiger partial charge >= 0.3 is 0 Å². The molecule has 0 aromatic heterocycles. The highest BCUT2D eigenvalue weighted by Gasteiger charge is 2.09. The first-order valence-electron chi connectivity index (χ1n) is 5.18. The molecule has 0 heterocycles. The molecular weight excluding hydrogens is 211 g/mol. The van der Waals surface area contributed by atoms with Crippen LogP contribution < -0.4 is 0 Å². The number of hydrogen-bond acceptors (Lipinski definition) is 2.